The molecule has 1 saturated heterocycles. The highest BCUT2D eigenvalue weighted by molar-refractivity contribution is 7.13. The molecule has 1 aromatic carbocycles. The minimum atomic E-state index is -0.925. The number of rotatable bonds is 4. The zero-order chi connectivity index (χ0) is 19.1. The Morgan fingerprint density at radius 1 is 1.19 bits per heavy atom. The van der Waals surface area contributed by atoms with Crippen LogP contribution in [-0.4, -0.2) is 46.3 Å². The molecule has 3 heterocycles. The minimum absolute atomic E-state index is 0.191. The molecular weight excluding hydrogens is 368 g/mol. The standard InChI is InChI=1S/C17H16N6O3S/c1-9-5-10(2)7-11(6-9)23-15(25)13-14(16(23)26)22(21-20-13)8-12(24)19-17-18-3-4-27-17/h3-7,13-14H,8H2,1-2H3,(H,18,19,24)/t13-,14-/m0/s1. The van der Waals surface area contributed by atoms with Crippen molar-refractivity contribution in [3.05, 3.63) is 40.9 Å². The van der Waals surface area contributed by atoms with Crippen LogP contribution in [0.25, 0.3) is 0 Å². The number of thiazole rings is 1. The van der Waals surface area contributed by atoms with Crippen LogP contribution in [0.2, 0.25) is 0 Å². The molecule has 1 N–H and O–H groups in total. The summed E-state index contributed by atoms with van der Waals surface area (Å²) in [6.45, 7) is 3.61. The third-order valence-corrected chi connectivity index (χ3v) is 5.00. The summed E-state index contributed by atoms with van der Waals surface area (Å²) in [6.07, 6.45) is 1.58. The van der Waals surface area contributed by atoms with Gasteiger partial charge in [-0.1, -0.05) is 11.3 Å². The van der Waals surface area contributed by atoms with Gasteiger partial charge in [0.1, 0.15) is 6.54 Å². The van der Waals surface area contributed by atoms with Crippen LogP contribution in [0.3, 0.4) is 0 Å². The molecule has 1 fully saturated rings. The van der Waals surface area contributed by atoms with Crippen molar-refractivity contribution < 1.29 is 14.4 Å². The summed E-state index contributed by atoms with van der Waals surface area (Å²) in [6, 6.07) is 3.69. The first-order valence-electron chi connectivity index (χ1n) is 8.27. The topological polar surface area (TPSA) is 107 Å². The molecule has 4 rings (SSSR count). The first-order valence-corrected chi connectivity index (χ1v) is 9.15. The normalized spacial score (nSPS) is 21.1. The van der Waals surface area contributed by atoms with Crippen LogP contribution in [0.15, 0.2) is 40.1 Å². The molecule has 0 saturated carbocycles. The van der Waals surface area contributed by atoms with Gasteiger partial charge < -0.3 is 5.32 Å². The predicted octanol–water partition coefficient (Wildman–Crippen LogP) is 1.69. The number of carbonyl (C=O) groups excluding carboxylic acids is 3. The summed E-state index contributed by atoms with van der Waals surface area (Å²) in [5.74, 6) is -1.24. The van der Waals surface area contributed by atoms with Crippen LogP contribution in [0.5, 0.6) is 0 Å². The fourth-order valence-corrected chi connectivity index (χ4v) is 3.82. The molecular formula is C17H16N6O3S. The SMILES string of the molecule is Cc1cc(C)cc(N2C(=O)[C@H]3N=NN(CC(=O)Nc4nccs4)[C@@H]3C2=O)c1. The molecule has 0 radical (unpaired) electrons. The maximum absolute atomic E-state index is 12.9. The van der Waals surface area contributed by atoms with Gasteiger partial charge in [-0.2, -0.15) is 5.11 Å². The number of aryl methyl sites for hydroxylation is 2. The quantitative estimate of drug-likeness (QED) is 0.807. The highest BCUT2D eigenvalue weighted by Crippen LogP contribution is 2.32. The minimum Gasteiger partial charge on any atom is -0.300 e. The van der Waals surface area contributed by atoms with E-state index in [2.05, 4.69) is 20.6 Å². The van der Waals surface area contributed by atoms with E-state index in [-0.39, 0.29) is 12.5 Å². The van der Waals surface area contributed by atoms with Crippen molar-refractivity contribution in [2.45, 2.75) is 25.9 Å². The van der Waals surface area contributed by atoms with Gasteiger partial charge in [0.05, 0.1) is 5.69 Å². The largest absolute Gasteiger partial charge is 0.300 e. The molecule has 2 aliphatic heterocycles. The first-order chi connectivity index (χ1) is 12.9. The van der Waals surface area contributed by atoms with Crippen LogP contribution >= 0.6 is 11.3 Å². The van der Waals surface area contributed by atoms with E-state index in [1.54, 1.807) is 23.7 Å². The van der Waals surface area contributed by atoms with E-state index in [9.17, 15) is 14.4 Å². The van der Waals surface area contributed by atoms with E-state index in [1.807, 2.05) is 19.9 Å². The first kappa shape index (κ1) is 17.3. The maximum atomic E-state index is 12.9. The Labute approximate surface area is 158 Å². The Balaban J connectivity index is 1.53. The average molecular weight is 384 g/mol. The van der Waals surface area contributed by atoms with E-state index in [4.69, 9.17) is 0 Å². The van der Waals surface area contributed by atoms with Crippen LogP contribution in [0.4, 0.5) is 10.8 Å². The molecule has 2 atom stereocenters. The van der Waals surface area contributed by atoms with Gasteiger partial charge in [0, 0.05) is 11.6 Å². The second kappa shape index (κ2) is 6.54. The number of nitrogens with zero attached hydrogens (tertiary/aromatic N) is 5. The van der Waals surface area contributed by atoms with Gasteiger partial charge in [-0.25, -0.2) is 9.88 Å². The molecule has 0 bridgehead atoms. The third-order valence-electron chi connectivity index (χ3n) is 4.31. The van der Waals surface area contributed by atoms with Gasteiger partial charge in [0.15, 0.2) is 17.2 Å². The van der Waals surface area contributed by atoms with Crippen molar-refractivity contribution in [2.24, 2.45) is 10.3 Å². The van der Waals surface area contributed by atoms with E-state index in [1.165, 1.54) is 16.3 Å². The van der Waals surface area contributed by atoms with Gasteiger partial charge in [0.2, 0.25) is 5.91 Å². The molecule has 1 aromatic heterocycles. The van der Waals surface area contributed by atoms with E-state index >= 15 is 0 Å². The van der Waals surface area contributed by atoms with Gasteiger partial charge in [0.25, 0.3) is 11.8 Å². The molecule has 0 unspecified atom stereocenters. The Kier molecular flexibility index (Phi) is 4.19. The van der Waals surface area contributed by atoms with Gasteiger partial charge in [-0.3, -0.25) is 19.4 Å². The number of hydrogen-bond donors (Lipinski definition) is 1. The Morgan fingerprint density at radius 2 is 1.93 bits per heavy atom. The summed E-state index contributed by atoms with van der Waals surface area (Å²) in [7, 11) is 0. The molecule has 0 spiro atoms. The molecule has 9 nitrogen and oxygen atoms in total. The van der Waals surface area contributed by atoms with E-state index in [0.717, 1.165) is 16.0 Å². The number of imide groups is 1. The number of carbonyl (C=O) groups is 3. The molecule has 0 aliphatic carbocycles. The van der Waals surface area contributed by atoms with Gasteiger partial charge in [-0.15, -0.1) is 11.3 Å². The summed E-state index contributed by atoms with van der Waals surface area (Å²) < 4.78 is 0. The van der Waals surface area contributed by atoms with Crippen molar-refractivity contribution in [3.63, 3.8) is 0 Å². The summed E-state index contributed by atoms with van der Waals surface area (Å²) in [5, 5.41) is 13.9. The smallest absolute Gasteiger partial charge is 0.263 e. The van der Waals surface area contributed by atoms with Gasteiger partial charge >= 0.3 is 0 Å². The molecule has 27 heavy (non-hydrogen) atoms. The fraction of sp³-hybridized carbons (Fsp3) is 0.294. The molecule has 2 aliphatic rings. The molecule has 138 valence electrons. The van der Waals surface area contributed by atoms with E-state index in [0.29, 0.717) is 10.8 Å². The Hall–Kier alpha value is -3.14. The Bertz CT molecular complexity index is 937. The lowest BCUT2D eigenvalue weighted by Gasteiger charge is -2.20. The second-order valence-corrected chi connectivity index (χ2v) is 7.33. The number of hydrogen-bond acceptors (Lipinski definition) is 8. The lowest BCUT2D eigenvalue weighted by Crippen LogP contribution is -2.43. The van der Waals surface area contributed by atoms with Crippen molar-refractivity contribution >= 4 is 39.9 Å². The van der Waals surface area contributed by atoms with Crippen molar-refractivity contribution in [2.75, 3.05) is 16.8 Å². The van der Waals surface area contributed by atoms with Crippen molar-refractivity contribution in [1.29, 1.82) is 0 Å². The highest BCUT2D eigenvalue weighted by Gasteiger charge is 2.55. The van der Waals surface area contributed by atoms with Gasteiger partial charge in [-0.05, 0) is 37.1 Å². The summed E-state index contributed by atoms with van der Waals surface area (Å²) >= 11 is 1.28. The van der Waals surface area contributed by atoms with Crippen molar-refractivity contribution in [3.8, 4) is 0 Å². The zero-order valence-corrected chi connectivity index (χ0v) is 15.4. The lowest BCUT2D eigenvalue weighted by molar-refractivity contribution is -0.123. The van der Waals surface area contributed by atoms with Crippen LogP contribution in [0.1, 0.15) is 11.1 Å². The van der Waals surface area contributed by atoms with Crippen molar-refractivity contribution in [1.82, 2.24) is 9.99 Å². The highest BCUT2D eigenvalue weighted by atomic mass is 32.1. The number of aromatic nitrogens is 1. The average Bonchev–Trinajstić information content (AvgIpc) is 3.28. The zero-order valence-electron chi connectivity index (χ0n) is 14.6. The number of anilines is 2. The van der Waals surface area contributed by atoms with Crippen LogP contribution < -0.4 is 10.2 Å². The summed E-state index contributed by atoms with van der Waals surface area (Å²) in [4.78, 5) is 43.0. The second-order valence-electron chi connectivity index (χ2n) is 6.44. The Morgan fingerprint density at radius 3 is 2.59 bits per heavy atom. The number of amides is 3. The van der Waals surface area contributed by atoms with E-state index < -0.39 is 23.9 Å². The monoisotopic (exact) mass is 384 g/mol. The molecule has 2 aromatic rings. The molecule has 10 heteroatoms. The summed E-state index contributed by atoms with van der Waals surface area (Å²) in [5.41, 5.74) is 2.41. The lowest BCUT2D eigenvalue weighted by atomic mass is 10.1. The maximum Gasteiger partial charge on any atom is 0.263 e. The van der Waals surface area contributed by atoms with Crippen LogP contribution in [-0.2, 0) is 14.4 Å². The van der Waals surface area contributed by atoms with Crippen LogP contribution in [0, 0.1) is 13.8 Å². The molecule has 3 amide bonds. The third kappa shape index (κ3) is 3.08. The number of benzene rings is 1. The predicted molar refractivity (Wildman–Crippen MR) is 98.3 cm³/mol. The fourth-order valence-electron chi connectivity index (χ4n) is 3.28. The number of fused-ring (bicyclic) bond motifs is 1. The number of nitrogens with one attached hydrogen (secondary N) is 1.